The minimum atomic E-state index is 0.692. The molecule has 2 N–H and O–H groups in total. The topological polar surface area (TPSA) is 38.5 Å². The van der Waals surface area contributed by atoms with Gasteiger partial charge in [0.05, 0.1) is 12.8 Å². The first-order chi connectivity index (χ1) is 7.72. The molecule has 0 saturated heterocycles. The van der Waals surface area contributed by atoms with Crippen LogP contribution in [-0.4, -0.2) is 20.2 Å². The Balaban J connectivity index is 3.06. The molecule has 0 aliphatic rings. The molecule has 0 aliphatic carbocycles. The van der Waals surface area contributed by atoms with Crippen LogP contribution in [0.15, 0.2) is 43.5 Å². The summed E-state index contributed by atoms with van der Waals surface area (Å²) in [5.41, 5.74) is 7.40. The molecule has 0 heterocycles. The Morgan fingerprint density at radius 1 is 1.31 bits per heavy atom. The molecule has 86 valence electrons. The van der Waals surface area contributed by atoms with Crippen molar-refractivity contribution in [2.24, 2.45) is 0 Å². The van der Waals surface area contributed by atoms with Crippen LogP contribution in [-0.2, 0) is 0 Å². The number of nitrogens with zero attached hydrogens (tertiary/aromatic N) is 1. The molecule has 0 aromatic heterocycles. The lowest BCUT2D eigenvalue weighted by Crippen LogP contribution is -2.23. The number of methoxy groups -OCH3 is 1. The van der Waals surface area contributed by atoms with Gasteiger partial charge in [-0.05, 0) is 12.1 Å². The number of benzene rings is 1. The third-order valence-electron chi connectivity index (χ3n) is 2.24. The number of anilines is 2. The van der Waals surface area contributed by atoms with Crippen molar-refractivity contribution in [3.63, 3.8) is 0 Å². The molecule has 0 amide bonds. The largest absolute Gasteiger partial charge is 0.495 e. The van der Waals surface area contributed by atoms with Gasteiger partial charge in [0.15, 0.2) is 0 Å². The standard InChI is InChI=1S/C13H18N2O/c1-4-8-15(9-5-2)12-7-6-11(14)10-13(12)16-3/h4-7,10H,1-2,8-9,14H2,3H3. The zero-order valence-corrected chi connectivity index (χ0v) is 9.65. The fourth-order valence-corrected chi connectivity index (χ4v) is 1.54. The Morgan fingerprint density at radius 3 is 2.44 bits per heavy atom. The Morgan fingerprint density at radius 2 is 1.94 bits per heavy atom. The average Bonchev–Trinajstić information content (AvgIpc) is 2.28. The predicted octanol–water partition coefficient (Wildman–Crippen LogP) is 2.46. The smallest absolute Gasteiger partial charge is 0.144 e. The molecule has 1 aromatic rings. The van der Waals surface area contributed by atoms with E-state index >= 15 is 0 Å². The fraction of sp³-hybridized carbons (Fsp3) is 0.231. The van der Waals surface area contributed by atoms with Crippen molar-refractivity contribution in [2.75, 3.05) is 30.8 Å². The lowest BCUT2D eigenvalue weighted by molar-refractivity contribution is 0.415. The lowest BCUT2D eigenvalue weighted by atomic mass is 10.2. The predicted molar refractivity (Wildman–Crippen MR) is 70.0 cm³/mol. The van der Waals surface area contributed by atoms with E-state index in [1.54, 1.807) is 7.11 Å². The maximum Gasteiger partial charge on any atom is 0.144 e. The van der Waals surface area contributed by atoms with E-state index in [0.29, 0.717) is 5.69 Å². The number of hydrogen-bond acceptors (Lipinski definition) is 3. The van der Waals surface area contributed by atoms with Crippen molar-refractivity contribution in [1.82, 2.24) is 0 Å². The second-order valence-electron chi connectivity index (χ2n) is 3.41. The maximum absolute atomic E-state index is 5.71. The van der Waals surface area contributed by atoms with Gasteiger partial charge in [0.25, 0.3) is 0 Å². The van der Waals surface area contributed by atoms with Crippen LogP contribution in [0.25, 0.3) is 0 Å². The van der Waals surface area contributed by atoms with Crippen molar-refractivity contribution in [3.05, 3.63) is 43.5 Å². The van der Waals surface area contributed by atoms with Crippen LogP contribution in [0.2, 0.25) is 0 Å². The molecule has 3 nitrogen and oxygen atoms in total. The van der Waals surface area contributed by atoms with Gasteiger partial charge in [-0.25, -0.2) is 0 Å². The van der Waals surface area contributed by atoms with Crippen molar-refractivity contribution in [2.45, 2.75) is 0 Å². The molecule has 3 heteroatoms. The van der Waals surface area contributed by atoms with Crippen LogP contribution >= 0.6 is 0 Å². The third-order valence-corrected chi connectivity index (χ3v) is 2.24. The van der Waals surface area contributed by atoms with Crippen LogP contribution in [0.5, 0.6) is 5.75 Å². The summed E-state index contributed by atoms with van der Waals surface area (Å²) in [5.74, 6) is 0.767. The summed E-state index contributed by atoms with van der Waals surface area (Å²) < 4.78 is 5.31. The van der Waals surface area contributed by atoms with Gasteiger partial charge < -0.3 is 15.4 Å². The van der Waals surface area contributed by atoms with Crippen molar-refractivity contribution >= 4 is 11.4 Å². The molecule has 0 radical (unpaired) electrons. The molecule has 0 atom stereocenters. The Bertz CT molecular complexity index is 364. The Labute approximate surface area is 96.8 Å². The molecule has 0 aliphatic heterocycles. The maximum atomic E-state index is 5.71. The van der Waals surface area contributed by atoms with Gasteiger partial charge in [0.1, 0.15) is 5.75 Å². The lowest BCUT2D eigenvalue weighted by Gasteiger charge is -2.23. The number of nitrogens with two attached hydrogens (primary N) is 1. The summed E-state index contributed by atoms with van der Waals surface area (Å²) in [5, 5.41) is 0. The van der Waals surface area contributed by atoms with Crippen molar-refractivity contribution in [1.29, 1.82) is 0 Å². The first-order valence-electron chi connectivity index (χ1n) is 5.13. The number of ether oxygens (including phenoxy) is 1. The van der Waals surface area contributed by atoms with Gasteiger partial charge in [-0.15, -0.1) is 13.2 Å². The highest BCUT2D eigenvalue weighted by Gasteiger charge is 2.09. The highest BCUT2D eigenvalue weighted by Crippen LogP contribution is 2.30. The molecule has 1 rings (SSSR count). The quantitative estimate of drug-likeness (QED) is 0.589. The van der Waals surface area contributed by atoms with E-state index in [1.807, 2.05) is 30.4 Å². The van der Waals surface area contributed by atoms with Gasteiger partial charge in [-0.1, -0.05) is 12.2 Å². The van der Waals surface area contributed by atoms with Gasteiger partial charge in [0, 0.05) is 24.8 Å². The summed E-state index contributed by atoms with van der Waals surface area (Å²) in [6, 6.07) is 5.62. The summed E-state index contributed by atoms with van der Waals surface area (Å²) in [4.78, 5) is 2.11. The molecule has 1 aromatic carbocycles. The second-order valence-corrected chi connectivity index (χ2v) is 3.41. The SMILES string of the molecule is C=CCN(CC=C)c1ccc(N)cc1OC. The van der Waals surface area contributed by atoms with Crippen LogP contribution in [0.3, 0.4) is 0 Å². The Kier molecular flexibility index (Phi) is 4.45. The number of nitrogen functional groups attached to an aromatic ring is 1. The van der Waals surface area contributed by atoms with E-state index in [1.165, 1.54) is 0 Å². The summed E-state index contributed by atoms with van der Waals surface area (Å²) >= 11 is 0. The minimum absolute atomic E-state index is 0.692. The van der Waals surface area contributed by atoms with Crippen LogP contribution < -0.4 is 15.4 Å². The monoisotopic (exact) mass is 218 g/mol. The van der Waals surface area contributed by atoms with E-state index in [2.05, 4.69) is 18.1 Å². The molecule has 0 bridgehead atoms. The highest BCUT2D eigenvalue weighted by atomic mass is 16.5. The molecule has 0 spiro atoms. The summed E-state index contributed by atoms with van der Waals surface area (Å²) in [6.07, 6.45) is 3.69. The first kappa shape index (κ1) is 12.2. The molecular weight excluding hydrogens is 200 g/mol. The molecular formula is C13H18N2O. The molecule has 0 saturated carbocycles. The normalized spacial score (nSPS) is 9.56. The van der Waals surface area contributed by atoms with E-state index in [0.717, 1.165) is 24.5 Å². The summed E-state index contributed by atoms with van der Waals surface area (Å²) in [7, 11) is 1.64. The number of rotatable bonds is 6. The first-order valence-corrected chi connectivity index (χ1v) is 5.13. The van der Waals surface area contributed by atoms with Crippen molar-refractivity contribution < 1.29 is 4.74 Å². The zero-order chi connectivity index (χ0) is 12.0. The average molecular weight is 218 g/mol. The minimum Gasteiger partial charge on any atom is -0.495 e. The molecule has 0 unspecified atom stereocenters. The van der Waals surface area contributed by atoms with E-state index in [4.69, 9.17) is 10.5 Å². The summed E-state index contributed by atoms with van der Waals surface area (Å²) in [6.45, 7) is 8.96. The highest BCUT2D eigenvalue weighted by molar-refractivity contribution is 5.64. The van der Waals surface area contributed by atoms with Gasteiger partial charge in [-0.2, -0.15) is 0 Å². The zero-order valence-electron chi connectivity index (χ0n) is 9.65. The van der Waals surface area contributed by atoms with Crippen molar-refractivity contribution in [3.8, 4) is 5.75 Å². The molecule has 0 fully saturated rings. The van der Waals surface area contributed by atoms with Gasteiger partial charge in [0.2, 0.25) is 0 Å². The van der Waals surface area contributed by atoms with Gasteiger partial charge in [-0.3, -0.25) is 0 Å². The third kappa shape index (κ3) is 2.79. The van der Waals surface area contributed by atoms with Crippen LogP contribution in [0, 0.1) is 0 Å². The van der Waals surface area contributed by atoms with Crippen LogP contribution in [0.1, 0.15) is 0 Å². The van der Waals surface area contributed by atoms with E-state index in [9.17, 15) is 0 Å². The van der Waals surface area contributed by atoms with Gasteiger partial charge >= 0.3 is 0 Å². The number of hydrogen-bond donors (Lipinski definition) is 1. The second kappa shape index (κ2) is 5.85. The Hall–Kier alpha value is -1.90. The fourth-order valence-electron chi connectivity index (χ4n) is 1.54. The molecule has 16 heavy (non-hydrogen) atoms. The van der Waals surface area contributed by atoms with E-state index < -0.39 is 0 Å². The van der Waals surface area contributed by atoms with E-state index in [-0.39, 0.29) is 0 Å². The van der Waals surface area contributed by atoms with Crippen LogP contribution in [0.4, 0.5) is 11.4 Å².